The molecule has 1 aromatic carbocycles. The zero-order valence-electron chi connectivity index (χ0n) is 13.7. The van der Waals surface area contributed by atoms with Crippen LogP contribution >= 0.6 is 0 Å². The topological polar surface area (TPSA) is 0 Å². The zero-order valence-corrected chi connectivity index (χ0v) is 17.5. The van der Waals surface area contributed by atoms with Crippen LogP contribution in [0.25, 0.3) is 0 Å². The summed E-state index contributed by atoms with van der Waals surface area (Å²) in [5, 5.41) is 0. The predicted molar refractivity (Wildman–Crippen MR) is 95.3 cm³/mol. The molecule has 2 rings (SSSR count). The third-order valence-electron chi connectivity index (χ3n) is 2.79. The number of fused-ring (bicyclic) bond motifs is 1. The van der Waals surface area contributed by atoms with Gasteiger partial charge in [-0.1, -0.05) is 67.2 Å². The summed E-state index contributed by atoms with van der Waals surface area (Å²) in [7, 11) is 0. The molecular formula is C18H35SW-. The smallest absolute Gasteiger partial charge is 0 e. The third-order valence-corrected chi connectivity index (χ3v) is 2.79. The minimum atomic E-state index is 0. The molecule has 0 nitrogen and oxygen atoms in total. The van der Waals surface area contributed by atoms with E-state index in [1.54, 1.807) is 17.4 Å². The summed E-state index contributed by atoms with van der Waals surface area (Å²) in [5.41, 5.74) is 4.68. The van der Waals surface area contributed by atoms with E-state index in [2.05, 4.69) is 44.7 Å². The van der Waals surface area contributed by atoms with Gasteiger partial charge in [0.15, 0.2) is 0 Å². The molecular weight excluding hydrogens is 432 g/mol. The molecule has 0 heterocycles. The van der Waals surface area contributed by atoms with Crippen LogP contribution in [0.5, 0.6) is 0 Å². The zero-order chi connectivity index (χ0) is 14.6. The fourth-order valence-electron chi connectivity index (χ4n) is 1.95. The molecule has 0 saturated heterocycles. The SMILES string of the molecule is C.CC.CC.CC(C)c1ccc2c(c1)CCC2.C[S-].[W]. The van der Waals surface area contributed by atoms with Gasteiger partial charge in [-0.25, -0.2) is 0 Å². The molecule has 0 unspecified atom stereocenters. The number of aryl methyl sites for hydroxylation is 2. The van der Waals surface area contributed by atoms with Crippen molar-refractivity contribution in [3.8, 4) is 0 Å². The van der Waals surface area contributed by atoms with Crippen LogP contribution in [-0.2, 0) is 46.5 Å². The van der Waals surface area contributed by atoms with E-state index in [9.17, 15) is 0 Å². The van der Waals surface area contributed by atoms with Crippen molar-refractivity contribution in [2.45, 2.75) is 74.1 Å². The standard InChI is InChI=1S/C12H16.2C2H6.CH4S.CH4.W/c1-9(2)11-7-6-10-4-3-5-12(10)8-11;3*1-2;;/h6-9H,3-5H2,1-2H3;2*1-2H3;2H,1H3;1H4;/p-1. The van der Waals surface area contributed by atoms with E-state index >= 15 is 0 Å². The van der Waals surface area contributed by atoms with E-state index in [0.717, 1.165) is 0 Å². The van der Waals surface area contributed by atoms with Crippen molar-refractivity contribution in [3.05, 3.63) is 34.9 Å². The Bertz CT molecular complexity index is 295. The average molecular weight is 467 g/mol. The Hall–Kier alpha value is 0.258. The van der Waals surface area contributed by atoms with Crippen molar-refractivity contribution in [1.29, 1.82) is 0 Å². The summed E-state index contributed by atoms with van der Waals surface area (Å²) >= 11 is 4.08. The van der Waals surface area contributed by atoms with Crippen molar-refractivity contribution in [2.24, 2.45) is 0 Å². The summed E-state index contributed by atoms with van der Waals surface area (Å²) in [4.78, 5) is 0. The fourth-order valence-corrected chi connectivity index (χ4v) is 1.95. The molecule has 0 bridgehead atoms. The van der Waals surface area contributed by atoms with Gasteiger partial charge in [-0.3, -0.25) is 0 Å². The number of benzene rings is 1. The summed E-state index contributed by atoms with van der Waals surface area (Å²) < 4.78 is 0. The summed E-state index contributed by atoms with van der Waals surface area (Å²) in [6, 6.07) is 7.00. The Morgan fingerprint density at radius 2 is 1.35 bits per heavy atom. The van der Waals surface area contributed by atoms with Crippen LogP contribution in [0.3, 0.4) is 0 Å². The molecule has 1 aromatic rings. The Labute approximate surface area is 148 Å². The molecule has 1 aliphatic carbocycles. The second-order valence-corrected chi connectivity index (χ2v) is 4.04. The molecule has 2 heteroatoms. The first-order valence-electron chi connectivity index (χ1n) is 7.30. The molecule has 0 fully saturated rings. The molecule has 0 aromatic heterocycles. The van der Waals surface area contributed by atoms with Gasteiger partial charge in [0, 0.05) is 21.1 Å². The second-order valence-electron chi connectivity index (χ2n) is 4.04. The molecule has 0 saturated carbocycles. The normalized spacial score (nSPS) is 10.1. The third kappa shape index (κ3) is 10.1. The molecule has 20 heavy (non-hydrogen) atoms. The molecule has 0 amide bonds. The fraction of sp³-hybridized carbons (Fsp3) is 0.667. The van der Waals surface area contributed by atoms with Crippen LogP contribution in [-0.4, -0.2) is 6.26 Å². The minimum Gasteiger partial charge on any atom is -0.796 e. The van der Waals surface area contributed by atoms with Crippen LogP contribution in [0, 0.1) is 0 Å². The first-order chi connectivity index (χ1) is 8.77. The molecule has 0 atom stereocenters. The summed E-state index contributed by atoms with van der Waals surface area (Å²) in [6.45, 7) is 12.5. The van der Waals surface area contributed by atoms with Crippen molar-refractivity contribution < 1.29 is 21.1 Å². The Kier molecular flexibility index (Phi) is 27.4. The first kappa shape index (κ1) is 28.4. The van der Waals surface area contributed by atoms with Gasteiger partial charge in [0.25, 0.3) is 0 Å². The molecule has 0 radical (unpaired) electrons. The summed E-state index contributed by atoms with van der Waals surface area (Å²) in [5.74, 6) is 0.677. The molecule has 120 valence electrons. The average Bonchev–Trinajstić information content (AvgIpc) is 2.92. The minimum absolute atomic E-state index is 0. The van der Waals surface area contributed by atoms with Crippen molar-refractivity contribution in [3.63, 3.8) is 0 Å². The monoisotopic (exact) mass is 467 g/mol. The van der Waals surface area contributed by atoms with Crippen LogP contribution in [0.1, 0.15) is 78.0 Å². The summed E-state index contributed by atoms with van der Waals surface area (Å²) in [6.07, 6.45) is 5.54. The van der Waals surface area contributed by atoms with E-state index in [1.165, 1.54) is 24.8 Å². The van der Waals surface area contributed by atoms with Gasteiger partial charge >= 0.3 is 0 Å². The number of hydrogen-bond acceptors (Lipinski definition) is 1. The van der Waals surface area contributed by atoms with Gasteiger partial charge in [-0.15, -0.1) is 0 Å². The van der Waals surface area contributed by atoms with Crippen molar-refractivity contribution >= 4 is 12.6 Å². The first-order valence-corrected chi connectivity index (χ1v) is 8.11. The second kappa shape index (κ2) is 19.3. The van der Waals surface area contributed by atoms with E-state index in [-0.39, 0.29) is 28.5 Å². The van der Waals surface area contributed by atoms with Gasteiger partial charge < -0.3 is 12.6 Å². The maximum Gasteiger partial charge on any atom is 0 e. The van der Waals surface area contributed by atoms with Gasteiger partial charge in [0.2, 0.25) is 0 Å². The molecule has 1 aliphatic rings. The van der Waals surface area contributed by atoms with Crippen LogP contribution in [0.4, 0.5) is 0 Å². The van der Waals surface area contributed by atoms with Gasteiger partial charge in [0.05, 0.1) is 0 Å². The van der Waals surface area contributed by atoms with Crippen LogP contribution < -0.4 is 0 Å². The van der Waals surface area contributed by atoms with E-state index in [0.29, 0.717) is 5.92 Å². The Balaban J connectivity index is -0.000000143. The van der Waals surface area contributed by atoms with Crippen LogP contribution in [0.2, 0.25) is 0 Å². The molecule has 0 spiro atoms. The number of rotatable bonds is 1. The maximum atomic E-state index is 4.08. The van der Waals surface area contributed by atoms with Crippen molar-refractivity contribution in [2.75, 3.05) is 6.26 Å². The van der Waals surface area contributed by atoms with Crippen LogP contribution in [0.15, 0.2) is 18.2 Å². The predicted octanol–water partition coefficient (Wildman–Crippen LogP) is 6.15. The van der Waals surface area contributed by atoms with E-state index < -0.39 is 0 Å². The number of hydrogen-bond donors (Lipinski definition) is 0. The van der Waals surface area contributed by atoms with Gasteiger partial charge in [0.1, 0.15) is 0 Å². The Morgan fingerprint density at radius 3 is 1.80 bits per heavy atom. The van der Waals surface area contributed by atoms with E-state index in [1.807, 2.05) is 27.7 Å². The van der Waals surface area contributed by atoms with Crippen molar-refractivity contribution in [1.82, 2.24) is 0 Å². The van der Waals surface area contributed by atoms with E-state index in [4.69, 9.17) is 0 Å². The van der Waals surface area contributed by atoms with Gasteiger partial charge in [-0.05, 0) is 41.9 Å². The van der Waals surface area contributed by atoms with Gasteiger partial charge in [-0.2, -0.15) is 6.26 Å². The largest absolute Gasteiger partial charge is 0.796 e. The quantitative estimate of drug-likeness (QED) is 0.447. The maximum absolute atomic E-state index is 4.08. The molecule has 0 N–H and O–H groups in total. The Morgan fingerprint density at radius 1 is 0.900 bits per heavy atom. The molecule has 0 aliphatic heterocycles.